The number of primary sulfonamides is 1. The summed E-state index contributed by atoms with van der Waals surface area (Å²) < 4.78 is 32.8. The molecule has 0 spiro atoms. The number of carbonyl (C=O) groups is 1. The average Bonchev–Trinajstić information content (AvgIpc) is 3.03. The van der Waals surface area contributed by atoms with E-state index in [-0.39, 0.29) is 17.6 Å². The molecule has 132 valence electrons. The summed E-state index contributed by atoms with van der Waals surface area (Å²) in [5.74, 6) is 0.589. The zero-order valence-electron chi connectivity index (χ0n) is 13.0. The Kier molecular flexibility index (Phi) is 4.85. The maximum Gasteiger partial charge on any atom is 0.251 e. The van der Waals surface area contributed by atoms with Crippen LogP contribution in [0.5, 0.6) is 11.5 Å². The molecular formula is C16H15ClN2O5S. The van der Waals surface area contributed by atoms with Crippen LogP contribution in [0.3, 0.4) is 0 Å². The van der Waals surface area contributed by atoms with Gasteiger partial charge in [-0.05, 0) is 36.2 Å². The molecule has 0 aliphatic carbocycles. The van der Waals surface area contributed by atoms with Gasteiger partial charge in [-0.1, -0.05) is 23.7 Å². The van der Waals surface area contributed by atoms with Gasteiger partial charge in [0.15, 0.2) is 11.5 Å². The lowest BCUT2D eigenvalue weighted by molar-refractivity contribution is 0.0953. The molecule has 0 saturated heterocycles. The molecule has 0 unspecified atom stereocenters. The summed E-state index contributed by atoms with van der Waals surface area (Å²) in [5, 5.41) is 8.14. The van der Waals surface area contributed by atoms with Crippen LogP contribution in [0.15, 0.2) is 41.3 Å². The van der Waals surface area contributed by atoms with Gasteiger partial charge in [0.1, 0.15) is 0 Å². The van der Waals surface area contributed by atoms with Crippen molar-refractivity contribution < 1.29 is 22.7 Å². The second kappa shape index (κ2) is 6.91. The zero-order chi connectivity index (χ0) is 18.0. The predicted molar refractivity (Wildman–Crippen MR) is 91.4 cm³/mol. The van der Waals surface area contributed by atoms with E-state index in [9.17, 15) is 13.2 Å². The summed E-state index contributed by atoms with van der Waals surface area (Å²) in [6.45, 7) is 0.453. The van der Waals surface area contributed by atoms with Crippen LogP contribution >= 0.6 is 11.6 Å². The fourth-order valence-corrected chi connectivity index (χ4v) is 3.15. The third-order valence-electron chi connectivity index (χ3n) is 3.64. The van der Waals surface area contributed by atoms with Crippen molar-refractivity contribution in [1.29, 1.82) is 0 Å². The van der Waals surface area contributed by atoms with Crippen LogP contribution in [0.25, 0.3) is 0 Å². The second-order valence-corrected chi connectivity index (χ2v) is 7.36. The van der Waals surface area contributed by atoms with Gasteiger partial charge in [-0.25, -0.2) is 13.6 Å². The highest BCUT2D eigenvalue weighted by Gasteiger charge is 2.20. The Morgan fingerprint density at radius 2 is 1.92 bits per heavy atom. The number of fused-ring (bicyclic) bond motifs is 1. The molecule has 3 rings (SSSR count). The summed E-state index contributed by atoms with van der Waals surface area (Å²) >= 11 is 6.06. The van der Waals surface area contributed by atoms with Crippen LogP contribution in [0, 0.1) is 0 Å². The van der Waals surface area contributed by atoms with Gasteiger partial charge in [-0.2, -0.15) is 0 Å². The molecule has 1 aliphatic rings. The largest absolute Gasteiger partial charge is 0.454 e. The van der Waals surface area contributed by atoms with Crippen molar-refractivity contribution >= 4 is 27.5 Å². The van der Waals surface area contributed by atoms with E-state index in [2.05, 4.69) is 5.32 Å². The smallest absolute Gasteiger partial charge is 0.251 e. The molecule has 1 amide bonds. The number of nitrogens with one attached hydrogen (secondary N) is 1. The Morgan fingerprint density at radius 3 is 2.60 bits per heavy atom. The van der Waals surface area contributed by atoms with Crippen LogP contribution in [0.4, 0.5) is 0 Å². The first kappa shape index (κ1) is 17.5. The first-order chi connectivity index (χ1) is 11.8. The van der Waals surface area contributed by atoms with Gasteiger partial charge in [-0.15, -0.1) is 0 Å². The molecule has 2 aromatic carbocycles. The number of carbonyl (C=O) groups excluding carboxylic acids is 1. The molecule has 1 heterocycles. The lowest BCUT2D eigenvalue weighted by atomic mass is 10.1. The van der Waals surface area contributed by atoms with E-state index < -0.39 is 10.0 Å². The number of nitrogens with two attached hydrogens (primary N) is 1. The number of ether oxygens (including phenoxy) is 2. The lowest BCUT2D eigenvalue weighted by Crippen LogP contribution is -2.25. The summed E-state index contributed by atoms with van der Waals surface area (Å²) in [6.07, 6.45) is 0.537. The molecule has 7 nitrogen and oxygen atoms in total. The Hall–Kier alpha value is -2.29. The number of benzene rings is 2. The van der Waals surface area contributed by atoms with E-state index in [4.69, 9.17) is 26.2 Å². The summed E-state index contributed by atoms with van der Waals surface area (Å²) in [5.41, 5.74) is 1.25. The third-order valence-corrected chi connectivity index (χ3v) is 4.85. The molecule has 2 aromatic rings. The van der Waals surface area contributed by atoms with Gasteiger partial charge in [0.2, 0.25) is 16.8 Å². The number of hydrogen-bond acceptors (Lipinski definition) is 5. The molecule has 0 radical (unpaired) electrons. The third kappa shape index (κ3) is 4.04. The highest BCUT2D eigenvalue weighted by molar-refractivity contribution is 7.89. The lowest BCUT2D eigenvalue weighted by Gasteiger charge is -2.08. The molecular weight excluding hydrogens is 368 g/mol. The topological polar surface area (TPSA) is 108 Å². The Labute approximate surface area is 149 Å². The highest BCUT2D eigenvalue weighted by Crippen LogP contribution is 2.39. The van der Waals surface area contributed by atoms with E-state index in [0.717, 1.165) is 5.56 Å². The minimum atomic E-state index is -3.70. The molecule has 1 aliphatic heterocycles. The molecule has 0 aromatic heterocycles. The monoisotopic (exact) mass is 382 g/mol. The van der Waals surface area contributed by atoms with Crippen molar-refractivity contribution in [3.63, 3.8) is 0 Å². The maximum atomic E-state index is 12.2. The molecule has 0 fully saturated rings. The van der Waals surface area contributed by atoms with Crippen LogP contribution in [-0.4, -0.2) is 27.7 Å². The van der Waals surface area contributed by atoms with Gasteiger partial charge in [-0.3, -0.25) is 4.79 Å². The van der Waals surface area contributed by atoms with Crippen molar-refractivity contribution in [1.82, 2.24) is 5.32 Å². The van der Waals surface area contributed by atoms with Crippen molar-refractivity contribution in [2.45, 2.75) is 11.3 Å². The fourth-order valence-electron chi connectivity index (χ4n) is 2.37. The van der Waals surface area contributed by atoms with Crippen molar-refractivity contribution in [3.05, 3.63) is 52.5 Å². The summed E-state index contributed by atoms with van der Waals surface area (Å²) in [7, 11) is -3.70. The molecule has 0 saturated carbocycles. The molecule has 25 heavy (non-hydrogen) atoms. The first-order valence-electron chi connectivity index (χ1n) is 7.34. The standard InChI is InChI=1S/C16H15ClN2O5S/c17-13-7-11(8-14-15(13)24-9-23-14)16(20)19-6-5-10-1-3-12(4-2-10)25(18,21)22/h1-4,7-8H,5-6,9H2,(H,19,20)(H2,18,21,22). The van der Waals surface area contributed by atoms with Gasteiger partial charge < -0.3 is 14.8 Å². The average molecular weight is 383 g/mol. The van der Waals surface area contributed by atoms with E-state index in [0.29, 0.717) is 35.1 Å². The quantitative estimate of drug-likeness (QED) is 0.818. The summed E-state index contributed by atoms with van der Waals surface area (Å²) in [6, 6.07) is 9.27. The maximum absolute atomic E-state index is 12.2. The molecule has 0 bridgehead atoms. The minimum absolute atomic E-state index is 0.0512. The van der Waals surface area contributed by atoms with Gasteiger partial charge in [0.25, 0.3) is 5.91 Å². The van der Waals surface area contributed by atoms with E-state index >= 15 is 0 Å². The Morgan fingerprint density at radius 1 is 1.20 bits per heavy atom. The van der Waals surface area contributed by atoms with Crippen molar-refractivity contribution in [2.75, 3.05) is 13.3 Å². The number of amides is 1. The Balaban J connectivity index is 1.59. The van der Waals surface area contributed by atoms with Crippen LogP contribution in [0.1, 0.15) is 15.9 Å². The van der Waals surface area contributed by atoms with Gasteiger partial charge in [0.05, 0.1) is 9.92 Å². The predicted octanol–water partition coefficient (Wildman–Crippen LogP) is 1.69. The summed E-state index contributed by atoms with van der Waals surface area (Å²) in [4.78, 5) is 12.3. The molecule has 9 heteroatoms. The van der Waals surface area contributed by atoms with Crippen LogP contribution < -0.4 is 19.9 Å². The van der Waals surface area contributed by atoms with Gasteiger partial charge >= 0.3 is 0 Å². The SMILES string of the molecule is NS(=O)(=O)c1ccc(CCNC(=O)c2cc(Cl)c3c(c2)OCO3)cc1. The number of sulfonamides is 1. The normalized spacial score (nSPS) is 12.9. The van der Waals surface area contributed by atoms with E-state index in [1.165, 1.54) is 18.2 Å². The van der Waals surface area contributed by atoms with Crippen molar-refractivity contribution in [2.24, 2.45) is 5.14 Å². The van der Waals surface area contributed by atoms with Crippen LogP contribution in [0.2, 0.25) is 5.02 Å². The van der Waals surface area contributed by atoms with Gasteiger partial charge in [0, 0.05) is 12.1 Å². The fraction of sp³-hybridized carbons (Fsp3) is 0.188. The highest BCUT2D eigenvalue weighted by atomic mass is 35.5. The van der Waals surface area contributed by atoms with Crippen LogP contribution in [-0.2, 0) is 16.4 Å². The number of halogens is 1. The minimum Gasteiger partial charge on any atom is -0.454 e. The number of rotatable bonds is 5. The van der Waals surface area contributed by atoms with Crippen molar-refractivity contribution in [3.8, 4) is 11.5 Å². The second-order valence-electron chi connectivity index (χ2n) is 5.39. The first-order valence-corrected chi connectivity index (χ1v) is 9.26. The molecule has 0 atom stereocenters. The number of hydrogen-bond donors (Lipinski definition) is 2. The zero-order valence-corrected chi connectivity index (χ0v) is 14.6. The Bertz CT molecular complexity index is 913. The van der Waals surface area contributed by atoms with E-state index in [1.807, 2.05) is 0 Å². The van der Waals surface area contributed by atoms with E-state index in [1.54, 1.807) is 18.2 Å². The molecule has 3 N–H and O–H groups in total.